The lowest BCUT2D eigenvalue weighted by Crippen LogP contribution is -2.13. The fourth-order valence-electron chi connectivity index (χ4n) is 1.81. The van der Waals surface area contributed by atoms with Crippen molar-refractivity contribution < 1.29 is 14.3 Å². The van der Waals surface area contributed by atoms with E-state index in [9.17, 15) is 4.79 Å². The van der Waals surface area contributed by atoms with E-state index in [0.29, 0.717) is 33.8 Å². The fourth-order valence-corrected chi connectivity index (χ4v) is 2.32. The predicted molar refractivity (Wildman–Crippen MR) is 83.5 cm³/mol. The Morgan fingerprint density at radius 3 is 2.77 bits per heavy atom. The van der Waals surface area contributed by atoms with E-state index in [1.165, 1.54) is 0 Å². The maximum Gasteiger partial charge on any atom is 0.271 e. The number of nitrogens with one attached hydrogen (secondary N) is 1. The number of aromatic amines is 1. The number of terminal acetylenes is 1. The Balaban J connectivity index is 2.53. The Bertz CT molecular complexity index is 736. The minimum absolute atomic E-state index is 0.0421. The van der Waals surface area contributed by atoms with Gasteiger partial charge in [0.15, 0.2) is 17.2 Å². The third-order valence-electron chi connectivity index (χ3n) is 2.68. The van der Waals surface area contributed by atoms with E-state index in [0.717, 1.165) is 0 Å². The second kappa shape index (κ2) is 6.95. The topological polar surface area (TPSA) is 103 Å². The molecule has 0 aliphatic carbocycles. The number of amides is 1. The summed E-state index contributed by atoms with van der Waals surface area (Å²) in [4.78, 5) is 11.4. The highest BCUT2D eigenvalue weighted by Gasteiger charge is 2.20. The second-order valence-corrected chi connectivity index (χ2v) is 4.94. The van der Waals surface area contributed by atoms with Gasteiger partial charge in [-0.05, 0) is 35.0 Å². The summed E-state index contributed by atoms with van der Waals surface area (Å²) < 4.78 is 11.6. The lowest BCUT2D eigenvalue weighted by Gasteiger charge is -2.13. The van der Waals surface area contributed by atoms with E-state index in [4.69, 9.17) is 21.6 Å². The first-order valence-corrected chi connectivity index (χ1v) is 7.11. The van der Waals surface area contributed by atoms with Crippen molar-refractivity contribution in [2.24, 2.45) is 5.73 Å². The molecule has 1 aromatic carbocycles. The van der Waals surface area contributed by atoms with Crippen LogP contribution in [0.4, 0.5) is 0 Å². The maximum absolute atomic E-state index is 11.4. The van der Waals surface area contributed by atoms with Crippen molar-refractivity contribution in [2.45, 2.75) is 6.92 Å². The highest BCUT2D eigenvalue weighted by atomic mass is 79.9. The van der Waals surface area contributed by atoms with Crippen molar-refractivity contribution in [1.29, 1.82) is 0 Å². The molecule has 0 saturated heterocycles. The van der Waals surface area contributed by atoms with Gasteiger partial charge < -0.3 is 15.2 Å². The molecule has 1 aromatic heterocycles. The van der Waals surface area contributed by atoms with Gasteiger partial charge in [-0.15, -0.1) is 6.42 Å². The number of benzene rings is 1. The van der Waals surface area contributed by atoms with Crippen LogP contribution in [-0.2, 0) is 0 Å². The number of carbonyl (C=O) groups excluding carboxylic acids is 1. The first-order valence-electron chi connectivity index (χ1n) is 6.32. The van der Waals surface area contributed by atoms with Gasteiger partial charge in [-0.1, -0.05) is 5.92 Å². The first kappa shape index (κ1) is 15.9. The average Bonchev–Trinajstić information content (AvgIpc) is 2.96. The SMILES string of the molecule is C#CCOc1cc(Br)c(-c2n[nH]nc2C(N)=O)cc1OCC. The van der Waals surface area contributed by atoms with Crippen LogP contribution in [0, 0.1) is 12.3 Å². The number of primary amides is 1. The molecule has 0 bridgehead atoms. The number of hydrogen-bond acceptors (Lipinski definition) is 5. The van der Waals surface area contributed by atoms with Crippen molar-refractivity contribution in [2.75, 3.05) is 13.2 Å². The molecule has 1 heterocycles. The lowest BCUT2D eigenvalue weighted by molar-refractivity contribution is 0.0996. The number of H-pyrrole nitrogens is 1. The third kappa shape index (κ3) is 3.20. The number of halogens is 1. The number of nitrogens with zero attached hydrogens (tertiary/aromatic N) is 2. The predicted octanol–water partition coefficient (Wildman–Crippen LogP) is 1.74. The van der Waals surface area contributed by atoms with E-state index in [-0.39, 0.29) is 12.3 Å². The zero-order valence-corrected chi connectivity index (χ0v) is 13.3. The molecular weight excluding hydrogens is 352 g/mol. The molecule has 2 aromatic rings. The summed E-state index contributed by atoms with van der Waals surface area (Å²) in [5.74, 6) is 2.68. The van der Waals surface area contributed by atoms with E-state index in [1.54, 1.807) is 12.1 Å². The minimum atomic E-state index is -0.679. The van der Waals surface area contributed by atoms with Crippen LogP contribution >= 0.6 is 15.9 Å². The van der Waals surface area contributed by atoms with E-state index < -0.39 is 5.91 Å². The fraction of sp³-hybridized carbons (Fsp3) is 0.214. The minimum Gasteiger partial charge on any atom is -0.490 e. The Labute approximate surface area is 135 Å². The molecule has 3 N–H and O–H groups in total. The van der Waals surface area contributed by atoms with Gasteiger partial charge >= 0.3 is 0 Å². The zero-order chi connectivity index (χ0) is 16.1. The smallest absolute Gasteiger partial charge is 0.271 e. The molecule has 0 fully saturated rings. The summed E-state index contributed by atoms with van der Waals surface area (Å²) in [7, 11) is 0. The van der Waals surface area contributed by atoms with Crippen molar-refractivity contribution in [3.05, 3.63) is 22.3 Å². The number of nitrogens with two attached hydrogens (primary N) is 1. The molecule has 114 valence electrons. The van der Waals surface area contributed by atoms with Crippen LogP contribution in [-0.4, -0.2) is 34.5 Å². The maximum atomic E-state index is 11.4. The Kier molecular flexibility index (Phi) is 5.01. The quantitative estimate of drug-likeness (QED) is 0.759. The zero-order valence-electron chi connectivity index (χ0n) is 11.7. The Morgan fingerprint density at radius 2 is 2.14 bits per heavy atom. The molecule has 2 rings (SSSR count). The van der Waals surface area contributed by atoms with Crippen LogP contribution in [0.25, 0.3) is 11.3 Å². The van der Waals surface area contributed by atoms with Gasteiger partial charge in [0.2, 0.25) is 0 Å². The largest absolute Gasteiger partial charge is 0.490 e. The average molecular weight is 365 g/mol. The Hall–Kier alpha value is -2.53. The number of ether oxygens (including phenoxy) is 2. The number of rotatable bonds is 6. The van der Waals surface area contributed by atoms with Gasteiger partial charge in [0.1, 0.15) is 12.3 Å². The van der Waals surface area contributed by atoms with E-state index >= 15 is 0 Å². The van der Waals surface area contributed by atoms with Gasteiger partial charge in [-0.2, -0.15) is 15.4 Å². The standard InChI is InChI=1S/C14H13BrN4O3/c1-3-5-22-11-7-9(15)8(6-10(11)21-4-2)12-13(14(16)20)18-19-17-12/h1,6-7H,4-5H2,2H3,(H2,16,20)(H,17,18,19). The summed E-state index contributed by atoms with van der Waals surface area (Å²) in [6.45, 7) is 2.40. The van der Waals surface area contributed by atoms with Crippen LogP contribution in [0.1, 0.15) is 17.4 Å². The summed E-state index contributed by atoms with van der Waals surface area (Å²) in [6, 6.07) is 3.38. The molecule has 0 saturated carbocycles. The lowest BCUT2D eigenvalue weighted by atomic mass is 10.1. The monoisotopic (exact) mass is 364 g/mol. The number of aromatic nitrogens is 3. The molecule has 8 heteroatoms. The van der Waals surface area contributed by atoms with Crippen LogP contribution in [0.5, 0.6) is 11.5 Å². The van der Waals surface area contributed by atoms with E-state index in [2.05, 4.69) is 37.3 Å². The summed E-state index contributed by atoms with van der Waals surface area (Å²) in [5, 5.41) is 10.1. The molecule has 0 aliphatic rings. The number of carbonyl (C=O) groups is 1. The molecule has 0 radical (unpaired) electrons. The molecule has 0 aliphatic heterocycles. The molecule has 7 nitrogen and oxygen atoms in total. The van der Waals surface area contributed by atoms with Gasteiger partial charge in [-0.3, -0.25) is 4.79 Å². The second-order valence-electron chi connectivity index (χ2n) is 4.09. The highest BCUT2D eigenvalue weighted by Crippen LogP contribution is 2.38. The highest BCUT2D eigenvalue weighted by molar-refractivity contribution is 9.10. The molecule has 0 spiro atoms. The molecule has 0 unspecified atom stereocenters. The van der Waals surface area contributed by atoms with Crippen molar-refractivity contribution >= 4 is 21.8 Å². The molecule has 22 heavy (non-hydrogen) atoms. The van der Waals surface area contributed by atoms with Crippen LogP contribution < -0.4 is 15.2 Å². The van der Waals surface area contributed by atoms with Crippen molar-refractivity contribution in [3.63, 3.8) is 0 Å². The first-order chi connectivity index (χ1) is 10.6. The van der Waals surface area contributed by atoms with Crippen LogP contribution in [0.15, 0.2) is 16.6 Å². The van der Waals surface area contributed by atoms with Crippen molar-refractivity contribution in [3.8, 4) is 35.1 Å². The van der Waals surface area contributed by atoms with E-state index in [1.807, 2.05) is 6.92 Å². The summed E-state index contributed by atoms with van der Waals surface area (Å²) in [5.41, 5.74) is 6.25. The third-order valence-corrected chi connectivity index (χ3v) is 3.34. The summed E-state index contributed by atoms with van der Waals surface area (Å²) >= 11 is 3.41. The van der Waals surface area contributed by atoms with Crippen LogP contribution in [0.2, 0.25) is 0 Å². The molecule has 1 amide bonds. The molecule has 0 atom stereocenters. The van der Waals surface area contributed by atoms with Crippen molar-refractivity contribution in [1.82, 2.24) is 15.4 Å². The summed E-state index contributed by atoms with van der Waals surface area (Å²) in [6.07, 6.45) is 5.20. The van der Waals surface area contributed by atoms with Gasteiger partial charge in [-0.25, -0.2) is 0 Å². The van der Waals surface area contributed by atoms with Gasteiger partial charge in [0.25, 0.3) is 5.91 Å². The number of hydrogen-bond donors (Lipinski definition) is 2. The van der Waals surface area contributed by atoms with Crippen LogP contribution in [0.3, 0.4) is 0 Å². The normalized spacial score (nSPS) is 10.0. The molecular formula is C14H13BrN4O3. The Morgan fingerprint density at radius 1 is 1.41 bits per heavy atom. The van der Waals surface area contributed by atoms with Gasteiger partial charge in [0, 0.05) is 10.0 Å². The van der Waals surface area contributed by atoms with Gasteiger partial charge in [0.05, 0.1) is 6.61 Å².